The van der Waals surface area contributed by atoms with Gasteiger partial charge in [-0.15, -0.1) is 0 Å². The molecule has 0 aromatic heterocycles. The summed E-state index contributed by atoms with van der Waals surface area (Å²) in [5.74, 6) is -1.98. The minimum atomic E-state index is -1.63. The minimum Gasteiger partial charge on any atom is -0.480 e. The van der Waals surface area contributed by atoms with Gasteiger partial charge in [0.1, 0.15) is 12.1 Å². The van der Waals surface area contributed by atoms with E-state index in [0.29, 0.717) is 0 Å². The van der Waals surface area contributed by atoms with Crippen LogP contribution in [-0.2, 0) is 9.53 Å². The molecule has 0 fully saturated rings. The van der Waals surface area contributed by atoms with Gasteiger partial charge in [-0.1, -0.05) is 60.6 Å². The molecule has 0 radical (unpaired) electrons. The van der Waals surface area contributed by atoms with Crippen molar-refractivity contribution >= 4 is 12.1 Å². The van der Waals surface area contributed by atoms with Crippen LogP contribution in [0.1, 0.15) is 30.9 Å². The van der Waals surface area contributed by atoms with E-state index < -0.39 is 23.5 Å². The van der Waals surface area contributed by atoms with E-state index in [4.69, 9.17) is 10.3 Å². The number of nitrogens with zero attached hydrogens (tertiary/aromatic N) is 3. The fourth-order valence-corrected chi connectivity index (χ4v) is 3.58. The topological polar surface area (TPSA) is 124 Å². The molecular weight excluding hydrogens is 372 g/mol. The summed E-state index contributed by atoms with van der Waals surface area (Å²) in [5, 5.41) is 15.4. The Labute approximate surface area is 168 Å². The van der Waals surface area contributed by atoms with Crippen LogP contribution in [0.15, 0.2) is 53.6 Å². The van der Waals surface area contributed by atoms with Crippen LogP contribution >= 0.6 is 0 Å². The number of amides is 1. The summed E-state index contributed by atoms with van der Waals surface area (Å²) in [6.45, 7) is 2.98. The average Bonchev–Trinajstić information content (AvgIpc) is 3.04. The van der Waals surface area contributed by atoms with Crippen molar-refractivity contribution < 1.29 is 19.4 Å². The van der Waals surface area contributed by atoms with E-state index in [0.717, 1.165) is 22.3 Å². The Balaban J connectivity index is 1.73. The van der Waals surface area contributed by atoms with E-state index in [1.165, 1.54) is 6.92 Å². The van der Waals surface area contributed by atoms with Crippen LogP contribution in [0, 0.1) is 5.92 Å². The van der Waals surface area contributed by atoms with Crippen molar-refractivity contribution in [3.05, 3.63) is 70.1 Å². The van der Waals surface area contributed by atoms with Crippen LogP contribution in [0.5, 0.6) is 0 Å². The zero-order valence-electron chi connectivity index (χ0n) is 16.2. The number of rotatable bonds is 7. The summed E-state index contributed by atoms with van der Waals surface area (Å²) < 4.78 is 5.42. The predicted octanol–water partition coefficient (Wildman–Crippen LogP) is 4.31. The van der Waals surface area contributed by atoms with Crippen LogP contribution in [-0.4, -0.2) is 35.9 Å². The third-order valence-electron chi connectivity index (χ3n) is 5.55. The molecule has 0 spiro atoms. The Morgan fingerprint density at radius 2 is 1.76 bits per heavy atom. The molecule has 29 heavy (non-hydrogen) atoms. The van der Waals surface area contributed by atoms with Gasteiger partial charge in [-0.2, -0.15) is 0 Å². The van der Waals surface area contributed by atoms with E-state index in [1.54, 1.807) is 6.92 Å². The lowest BCUT2D eigenvalue weighted by Gasteiger charge is -2.31. The van der Waals surface area contributed by atoms with Crippen molar-refractivity contribution in [2.75, 3.05) is 13.2 Å². The highest BCUT2D eigenvalue weighted by atomic mass is 16.5. The number of carboxylic acids is 1. The molecule has 0 aliphatic heterocycles. The summed E-state index contributed by atoms with van der Waals surface area (Å²) in [5.41, 5.74) is 11.2. The third-order valence-corrected chi connectivity index (χ3v) is 5.55. The van der Waals surface area contributed by atoms with Gasteiger partial charge >= 0.3 is 12.1 Å². The van der Waals surface area contributed by atoms with Crippen molar-refractivity contribution in [1.82, 2.24) is 5.32 Å². The fraction of sp³-hybridized carbons (Fsp3) is 0.333. The molecular formula is C21H22N4O4. The zero-order chi connectivity index (χ0) is 21.0. The largest absolute Gasteiger partial charge is 0.480 e. The van der Waals surface area contributed by atoms with Crippen LogP contribution in [0.3, 0.4) is 0 Å². The van der Waals surface area contributed by atoms with Crippen molar-refractivity contribution in [3.63, 3.8) is 0 Å². The van der Waals surface area contributed by atoms with Crippen LogP contribution in [0.2, 0.25) is 0 Å². The highest BCUT2D eigenvalue weighted by Crippen LogP contribution is 2.44. The first kappa shape index (κ1) is 20.2. The highest BCUT2D eigenvalue weighted by molar-refractivity contribution is 5.84. The second-order valence-electron chi connectivity index (χ2n) is 7.27. The van der Waals surface area contributed by atoms with Crippen LogP contribution < -0.4 is 5.32 Å². The Kier molecular flexibility index (Phi) is 5.75. The van der Waals surface area contributed by atoms with Gasteiger partial charge in [-0.3, -0.25) is 0 Å². The molecule has 8 heteroatoms. The second kappa shape index (κ2) is 8.24. The quantitative estimate of drug-likeness (QED) is 0.412. The molecule has 2 atom stereocenters. The van der Waals surface area contributed by atoms with E-state index in [1.807, 2.05) is 48.5 Å². The van der Waals surface area contributed by atoms with Gasteiger partial charge in [0, 0.05) is 17.4 Å². The van der Waals surface area contributed by atoms with Crippen molar-refractivity contribution in [2.24, 2.45) is 11.0 Å². The fourth-order valence-electron chi connectivity index (χ4n) is 3.58. The van der Waals surface area contributed by atoms with E-state index in [9.17, 15) is 14.7 Å². The van der Waals surface area contributed by atoms with Gasteiger partial charge in [0.25, 0.3) is 0 Å². The van der Waals surface area contributed by atoms with Gasteiger partial charge in [0.15, 0.2) is 0 Å². The Bertz CT molecular complexity index is 941. The maximum Gasteiger partial charge on any atom is 0.408 e. The molecule has 1 aliphatic carbocycles. The first-order chi connectivity index (χ1) is 13.9. The second-order valence-corrected chi connectivity index (χ2v) is 7.27. The zero-order valence-corrected chi connectivity index (χ0v) is 16.2. The molecule has 2 aromatic carbocycles. The molecule has 2 aromatic rings. The summed E-state index contributed by atoms with van der Waals surface area (Å²) in [4.78, 5) is 26.8. The Hall–Kier alpha value is -3.51. The summed E-state index contributed by atoms with van der Waals surface area (Å²) in [7, 11) is 0. The number of fused-ring (bicyclic) bond motifs is 3. The standard InChI is InChI=1S/C21H22N4O4/c1-13(11-23-25-22)21(2,19(26)27)24-20(28)29-12-18-16-9-5-3-7-14(16)15-8-4-6-10-17(15)18/h3-10,13,18H,11-12H2,1-2H3,(H,24,28)(H,26,27)/t13-,21-/m0/s1. The monoisotopic (exact) mass is 394 g/mol. The number of hydrogen-bond acceptors (Lipinski definition) is 4. The van der Waals surface area contributed by atoms with Gasteiger partial charge < -0.3 is 15.2 Å². The maximum absolute atomic E-state index is 12.4. The van der Waals surface area contributed by atoms with Crippen molar-refractivity contribution in [1.29, 1.82) is 0 Å². The first-order valence-corrected chi connectivity index (χ1v) is 9.26. The number of aliphatic carboxylic acids is 1. The number of carbonyl (C=O) groups is 2. The molecule has 0 saturated carbocycles. The minimum absolute atomic E-state index is 0.0665. The Morgan fingerprint density at radius 1 is 1.21 bits per heavy atom. The number of nitrogens with one attached hydrogen (secondary N) is 1. The van der Waals surface area contributed by atoms with Crippen molar-refractivity contribution in [3.8, 4) is 11.1 Å². The van der Waals surface area contributed by atoms with E-state index in [2.05, 4.69) is 15.3 Å². The third kappa shape index (κ3) is 3.88. The van der Waals surface area contributed by atoms with Crippen LogP contribution in [0.4, 0.5) is 4.79 Å². The van der Waals surface area contributed by atoms with E-state index >= 15 is 0 Å². The number of carbonyl (C=O) groups excluding carboxylic acids is 1. The van der Waals surface area contributed by atoms with Gasteiger partial charge in [-0.25, -0.2) is 9.59 Å². The summed E-state index contributed by atoms with van der Waals surface area (Å²) in [6.07, 6.45) is -0.829. The lowest BCUT2D eigenvalue weighted by atomic mass is 9.87. The molecule has 0 saturated heterocycles. The number of azide groups is 1. The highest BCUT2D eigenvalue weighted by Gasteiger charge is 2.41. The molecule has 1 aliphatic rings. The molecule has 0 unspecified atom stereocenters. The van der Waals surface area contributed by atoms with Crippen LogP contribution in [0.25, 0.3) is 21.6 Å². The SMILES string of the molecule is C[C@@H](CN=[N+]=[N-])[C@](C)(NC(=O)OCC1c2ccccc2-c2ccccc21)C(=O)O. The summed E-state index contributed by atoms with van der Waals surface area (Å²) in [6, 6.07) is 15.9. The molecule has 2 N–H and O–H groups in total. The molecule has 3 rings (SSSR count). The molecule has 0 bridgehead atoms. The smallest absolute Gasteiger partial charge is 0.408 e. The lowest BCUT2D eigenvalue weighted by Crippen LogP contribution is -2.57. The number of alkyl carbamates (subject to hydrolysis) is 1. The number of hydrogen-bond donors (Lipinski definition) is 2. The normalized spacial score (nSPS) is 15.2. The Morgan fingerprint density at radius 3 is 2.28 bits per heavy atom. The molecule has 0 heterocycles. The predicted molar refractivity (Wildman–Crippen MR) is 107 cm³/mol. The summed E-state index contributed by atoms with van der Waals surface area (Å²) >= 11 is 0. The molecule has 150 valence electrons. The molecule has 1 amide bonds. The molecule has 8 nitrogen and oxygen atoms in total. The van der Waals surface area contributed by atoms with Gasteiger partial charge in [-0.05, 0) is 40.6 Å². The average molecular weight is 394 g/mol. The van der Waals surface area contributed by atoms with E-state index in [-0.39, 0.29) is 19.1 Å². The maximum atomic E-state index is 12.4. The lowest BCUT2D eigenvalue weighted by molar-refractivity contribution is -0.146. The van der Waals surface area contributed by atoms with Crippen molar-refractivity contribution in [2.45, 2.75) is 25.3 Å². The number of benzene rings is 2. The van der Waals surface area contributed by atoms with Gasteiger partial charge in [0.05, 0.1) is 0 Å². The number of carboxylic acid groups (broad SMARTS) is 1. The number of ether oxygens (including phenoxy) is 1. The first-order valence-electron chi connectivity index (χ1n) is 9.26. The van der Waals surface area contributed by atoms with Gasteiger partial charge in [0.2, 0.25) is 0 Å².